The van der Waals surface area contributed by atoms with Crippen LogP contribution in [0.4, 0.5) is 0 Å². The van der Waals surface area contributed by atoms with Crippen LogP contribution in [0.3, 0.4) is 0 Å². The highest BCUT2D eigenvalue weighted by molar-refractivity contribution is 6.32. The molecule has 0 unspecified atom stereocenters. The minimum Gasteiger partial charge on any atom is -0.506 e. The van der Waals surface area contributed by atoms with Crippen LogP contribution >= 0.6 is 11.6 Å². The quantitative estimate of drug-likeness (QED) is 0.543. The molecule has 0 saturated heterocycles. The Labute approximate surface area is 165 Å². The number of hydrogen-bond acceptors (Lipinski definition) is 4. The molecule has 0 aliphatic rings. The summed E-state index contributed by atoms with van der Waals surface area (Å²) in [5.74, 6) is 5.67. The van der Waals surface area contributed by atoms with Crippen molar-refractivity contribution in [2.75, 3.05) is 19.6 Å². The number of rotatable bonds is 5. The summed E-state index contributed by atoms with van der Waals surface area (Å²) in [6, 6.07) is 11.8. The van der Waals surface area contributed by atoms with Crippen LogP contribution in [0.15, 0.2) is 42.5 Å². The van der Waals surface area contributed by atoms with Gasteiger partial charge in [-0.3, -0.25) is 9.69 Å². The first-order chi connectivity index (χ1) is 12.9. The lowest BCUT2D eigenvalue weighted by atomic mass is 10.1. The van der Waals surface area contributed by atoms with Crippen molar-refractivity contribution in [2.24, 2.45) is 5.73 Å². The number of primary amides is 1. The van der Waals surface area contributed by atoms with E-state index in [2.05, 4.69) is 30.6 Å². The molecule has 5 nitrogen and oxygen atoms in total. The highest BCUT2D eigenvalue weighted by atomic mass is 35.5. The number of carbonyl (C=O) groups is 1. The minimum absolute atomic E-state index is 0.0586. The predicted octanol–water partition coefficient (Wildman–Crippen LogP) is 3.52. The molecule has 0 aliphatic carbocycles. The van der Waals surface area contributed by atoms with Crippen LogP contribution in [0.5, 0.6) is 5.75 Å². The van der Waals surface area contributed by atoms with Gasteiger partial charge in [0.1, 0.15) is 5.75 Å². The molecule has 0 heterocycles. The monoisotopic (exact) mass is 385 g/mol. The van der Waals surface area contributed by atoms with Gasteiger partial charge in [0.2, 0.25) is 5.91 Å². The Morgan fingerprint density at radius 3 is 2.33 bits per heavy atom. The van der Waals surface area contributed by atoms with Crippen LogP contribution in [0.1, 0.15) is 35.3 Å². The molecule has 27 heavy (non-hydrogen) atoms. The first kappa shape index (κ1) is 22.2. The van der Waals surface area contributed by atoms with Gasteiger partial charge >= 0.3 is 0 Å². The second kappa shape index (κ2) is 11.7. The molecule has 0 spiro atoms. The van der Waals surface area contributed by atoms with Crippen molar-refractivity contribution in [1.29, 1.82) is 5.41 Å². The normalized spacial score (nSPS) is 9.63. The van der Waals surface area contributed by atoms with Gasteiger partial charge in [0, 0.05) is 17.3 Å². The molecule has 0 aliphatic heterocycles. The van der Waals surface area contributed by atoms with Gasteiger partial charge in [0.05, 0.1) is 11.6 Å². The van der Waals surface area contributed by atoms with E-state index >= 15 is 0 Å². The third-order valence-corrected chi connectivity index (χ3v) is 4.04. The van der Waals surface area contributed by atoms with E-state index in [4.69, 9.17) is 27.9 Å². The van der Waals surface area contributed by atoms with E-state index in [1.165, 1.54) is 24.4 Å². The molecule has 0 atom stereocenters. The van der Waals surface area contributed by atoms with Gasteiger partial charge in [0.15, 0.2) is 0 Å². The van der Waals surface area contributed by atoms with E-state index in [9.17, 15) is 4.79 Å². The Kier molecular flexibility index (Phi) is 9.66. The number of benzene rings is 2. The summed E-state index contributed by atoms with van der Waals surface area (Å²) in [4.78, 5) is 12.8. The number of nitrogens with two attached hydrogens (primary N) is 1. The average Bonchev–Trinajstić information content (AvgIpc) is 2.68. The molecule has 0 radical (unpaired) electrons. The summed E-state index contributed by atoms with van der Waals surface area (Å²) >= 11 is 5.50. The van der Waals surface area contributed by atoms with E-state index in [0.29, 0.717) is 0 Å². The van der Waals surface area contributed by atoms with Gasteiger partial charge in [-0.05, 0) is 49.0 Å². The number of nitrogens with zero attached hydrogens (tertiary/aromatic N) is 1. The zero-order chi connectivity index (χ0) is 20.2. The average molecular weight is 386 g/mol. The first-order valence-corrected chi connectivity index (χ1v) is 8.89. The Balaban J connectivity index is 0.000000289. The zero-order valence-corrected chi connectivity index (χ0v) is 16.3. The molecule has 2 aromatic rings. The van der Waals surface area contributed by atoms with Crippen molar-refractivity contribution >= 4 is 23.7 Å². The van der Waals surface area contributed by atoms with Crippen molar-refractivity contribution in [2.45, 2.75) is 13.8 Å². The summed E-state index contributed by atoms with van der Waals surface area (Å²) < 4.78 is 0. The van der Waals surface area contributed by atoms with Crippen LogP contribution in [0, 0.1) is 17.3 Å². The molecule has 2 aromatic carbocycles. The summed E-state index contributed by atoms with van der Waals surface area (Å²) in [7, 11) is 0. The lowest BCUT2D eigenvalue weighted by molar-refractivity contribution is 0.100. The summed E-state index contributed by atoms with van der Waals surface area (Å²) in [6.07, 6.45) is 1.34. The van der Waals surface area contributed by atoms with Crippen molar-refractivity contribution in [1.82, 2.24) is 4.90 Å². The van der Waals surface area contributed by atoms with E-state index in [1.54, 1.807) is 0 Å². The maximum Gasteiger partial charge on any atom is 0.248 e. The molecule has 0 fully saturated rings. The zero-order valence-electron chi connectivity index (χ0n) is 15.5. The highest BCUT2D eigenvalue weighted by Crippen LogP contribution is 2.23. The van der Waals surface area contributed by atoms with Gasteiger partial charge in [-0.2, -0.15) is 0 Å². The van der Waals surface area contributed by atoms with Crippen LogP contribution in [0.25, 0.3) is 0 Å². The van der Waals surface area contributed by atoms with Crippen LogP contribution in [-0.2, 0) is 0 Å². The molecule has 0 bridgehead atoms. The fourth-order valence-electron chi connectivity index (χ4n) is 2.02. The van der Waals surface area contributed by atoms with Crippen molar-refractivity contribution < 1.29 is 9.90 Å². The first-order valence-electron chi connectivity index (χ1n) is 8.51. The van der Waals surface area contributed by atoms with Crippen LogP contribution in [0.2, 0.25) is 5.02 Å². The lowest BCUT2D eigenvalue weighted by Gasteiger charge is -2.13. The number of aromatic hydroxyl groups is 1. The lowest BCUT2D eigenvalue weighted by Crippen LogP contribution is -2.22. The summed E-state index contributed by atoms with van der Waals surface area (Å²) in [5, 5.41) is 16.2. The predicted molar refractivity (Wildman–Crippen MR) is 111 cm³/mol. The minimum atomic E-state index is -0.563. The number of hydrogen-bond donors (Lipinski definition) is 3. The topological polar surface area (TPSA) is 90.4 Å². The van der Waals surface area contributed by atoms with Crippen LogP contribution < -0.4 is 5.73 Å². The van der Waals surface area contributed by atoms with Gasteiger partial charge in [-0.1, -0.05) is 49.4 Å². The second-order valence-electron chi connectivity index (χ2n) is 5.56. The Hall–Kier alpha value is -2.81. The number of amides is 1. The molecule has 0 saturated carbocycles. The van der Waals surface area contributed by atoms with E-state index < -0.39 is 5.91 Å². The summed E-state index contributed by atoms with van der Waals surface area (Å²) in [6.45, 7) is 7.18. The number of phenols is 1. The standard InChI is InChI=1S/C14H18N2.C7H6ClNO2/c1-3-16(4-2)11-5-6-13-7-9-14(12-15)10-8-13;8-5-3-4(7(9)11)1-2-6(5)10/h7-10,12,15H,3-4,11H2,1-2H3;1-3,10H,(H2,9,11). The molecule has 142 valence electrons. The van der Waals surface area contributed by atoms with Crippen molar-refractivity contribution in [3.05, 3.63) is 64.2 Å². The largest absolute Gasteiger partial charge is 0.506 e. The summed E-state index contributed by atoms with van der Waals surface area (Å²) in [5.41, 5.74) is 7.16. The maximum absolute atomic E-state index is 10.5. The molecular weight excluding hydrogens is 362 g/mol. The third-order valence-electron chi connectivity index (χ3n) is 3.74. The SMILES string of the molecule is CCN(CC)CC#Cc1ccc(C=N)cc1.NC(=O)c1ccc(O)c(Cl)c1. The number of phenolic OH excluding ortho intramolecular Hbond substituents is 1. The van der Waals surface area contributed by atoms with Gasteiger partial charge in [0.25, 0.3) is 0 Å². The second-order valence-corrected chi connectivity index (χ2v) is 5.97. The van der Waals surface area contributed by atoms with E-state index in [1.807, 2.05) is 24.3 Å². The Bertz CT molecular complexity index is 820. The number of halogens is 1. The van der Waals surface area contributed by atoms with Gasteiger partial charge in [-0.15, -0.1) is 0 Å². The molecule has 4 N–H and O–H groups in total. The van der Waals surface area contributed by atoms with Gasteiger partial charge in [-0.25, -0.2) is 0 Å². The molecule has 0 aromatic heterocycles. The third kappa shape index (κ3) is 7.95. The molecular formula is C21H24ClN3O2. The number of carbonyl (C=O) groups excluding carboxylic acids is 1. The molecule has 6 heteroatoms. The maximum atomic E-state index is 10.5. The van der Waals surface area contributed by atoms with E-state index in [0.717, 1.165) is 30.8 Å². The Morgan fingerprint density at radius 1 is 1.22 bits per heavy atom. The number of nitrogens with one attached hydrogen (secondary N) is 1. The van der Waals surface area contributed by atoms with E-state index in [-0.39, 0.29) is 16.3 Å². The van der Waals surface area contributed by atoms with Crippen molar-refractivity contribution in [3.63, 3.8) is 0 Å². The molecule has 1 amide bonds. The van der Waals surface area contributed by atoms with Crippen LogP contribution in [-0.4, -0.2) is 41.8 Å². The fraction of sp³-hybridized carbons (Fsp3) is 0.238. The smallest absolute Gasteiger partial charge is 0.248 e. The van der Waals surface area contributed by atoms with Crippen molar-refractivity contribution in [3.8, 4) is 17.6 Å². The Morgan fingerprint density at radius 2 is 1.85 bits per heavy atom. The van der Waals surface area contributed by atoms with Gasteiger partial charge < -0.3 is 16.2 Å². The highest BCUT2D eigenvalue weighted by Gasteiger charge is 2.03. The fourth-order valence-corrected chi connectivity index (χ4v) is 2.20. The molecule has 2 rings (SSSR count).